The average Bonchev–Trinajstić information content (AvgIpc) is 3.32. The van der Waals surface area contributed by atoms with Gasteiger partial charge in [0, 0.05) is 65.1 Å². The summed E-state index contributed by atoms with van der Waals surface area (Å²) in [5.41, 5.74) is 6.97. The number of anilines is 1. The van der Waals surface area contributed by atoms with Crippen LogP contribution >= 0.6 is 0 Å². The number of hydrogen-bond donors (Lipinski definition) is 8. The lowest BCUT2D eigenvalue weighted by atomic mass is 9.92. The van der Waals surface area contributed by atoms with E-state index in [0.29, 0.717) is 31.5 Å². The predicted octanol–water partition coefficient (Wildman–Crippen LogP) is 2.37. The molecule has 0 saturated carbocycles. The number of aliphatic carboxylic acids is 1. The summed E-state index contributed by atoms with van der Waals surface area (Å²) < 4.78 is 16.3. The van der Waals surface area contributed by atoms with Crippen LogP contribution in [-0.2, 0) is 51.3 Å². The van der Waals surface area contributed by atoms with E-state index in [-0.39, 0.29) is 85.5 Å². The smallest absolute Gasteiger partial charge is 0.410 e. The molecular weight excluding hydrogens is 923 g/mol. The van der Waals surface area contributed by atoms with Crippen molar-refractivity contribution in [2.75, 3.05) is 45.6 Å². The molecule has 1 aliphatic heterocycles. The fraction of sp³-hybridized carbons (Fsp3) is 0.620. The van der Waals surface area contributed by atoms with Gasteiger partial charge in [-0.3, -0.25) is 24.0 Å². The van der Waals surface area contributed by atoms with E-state index in [2.05, 4.69) is 16.0 Å². The number of amides is 6. The first kappa shape index (κ1) is 59.4. The summed E-state index contributed by atoms with van der Waals surface area (Å²) in [5.74, 6) is -3.73. The number of ether oxygens (including phenoxy) is 3. The van der Waals surface area contributed by atoms with Crippen LogP contribution in [0.15, 0.2) is 48.5 Å². The molecule has 21 nitrogen and oxygen atoms in total. The highest BCUT2D eigenvalue weighted by molar-refractivity contribution is 5.92. The minimum Gasteiger partial charge on any atom is -0.479 e. The van der Waals surface area contributed by atoms with E-state index in [4.69, 9.17) is 19.9 Å². The van der Waals surface area contributed by atoms with Gasteiger partial charge in [0.2, 0.25) is 35.8 Å². The summed E-state index contributed by atoms with van der Waals surface area (Å²) in [6.45, 7) is 11.7. The first-order chi connectivity index (χ1) is 33.6. The molecule has 9 N–H and O–H groups in total. The number of hydrogen-bond acceptors (Lipinski definition) is 14. The maximum absolute atomic E-state index is 14.1. The molecule has 0 aliphatic carbocycles. The monoisotopic (exact) mass is 1000 g/mol. The molecule has 1 saturated heterocycles. The van der Waals surface area contributed by atoms with Crippen LogP contribution in [0.25, 0.3) is 0 Å². The van der Waals surface area contributed by atoms with Gasteiger partial charge in [-0.25, -0.2) is 9.59 Å². The lowest BCUT2D eigenvalue weighted by Gasteiger charge is -2.38. The molecule has 0 aromatic heterocycles. The molecule has 71 heavy (non-hydrogen) atoms. The first-order valence-electron chi connectivity index (χ1n) is 24.4. The lowest BCUT2D eigenvalue weighted by Crippen LogP contribution is -2.61. The molecule has 3 rings (SSSR count). The summed E-state index contributed by atoms with van der Waals surface area (Å²) in [5, 5.41) is 48.6. The molecular formula is C50H77N7O14. The third kappa shape index (κ3) is 18.7. The van der Waals surface area contributed by atoms with Crippen LogP contribution in [0.4, 0.5) is 10.5 Å². The fourth-order valence-corrected chi connectivity index (χ4v) is 8.13. The number of carbonyl (C=O) groups is 7. The van der Waals surface area contributed by atoms with Gasteiger partial charge in [0.05, 0.1) is 5.69 Å². The van der Waals surface area contributed by atoms with Crippen molar-refractivity contribution in [3.8, 4) is 5.75 Å². The molecule has 2 aromatic carbocycles. The number of benzene rings is 2. The van der Waals surface area contributed by atoms with Crippen LogP contribution in [0.3, 0.4) is 0 Å². The Bertz CT molecular complexity index is 2060. The second-order valence-electron chi connectivity index (χ2n) is 18.6. The van der Waals surface area contributed by atoms with Gasteiger partial charge in [-0.05, 0) is 67.7 Å². The summed E-state index contributed by atoms with van der Waals surface area (Å²) >= 11 is 0. The van der Waals surface area contributed by atoms with Crippen LogP contribution in [0.1, 0.15) is 97.6 Å². The number of likely N-dealkylation sites (N-methyl/N-ethyl adjacent to an activating group) is 2. The Labute approximate surface area is 416 Å². The lowest BCUT2D eigenvalue weighted by molar-refractivity contribution is -0.271. The zero-order chi connectivity index (χ0) is 52.9. The van der Waals surface area contributed by atoms with E-state index in [1.807, 2.05) is 58.0 Å². The average molecular weight is 1000 g/mol. The Morgan fingerprint density at radius 1 is 0.817 bits per heavy atom. The number of nitrogens with one attached hydrogen (secondary N) is 3. The van der Waals surface area contributed by atoms with E-state index in [1.54, 1.807) is 30.7 Å². The standard InChI is InChI=1S/C50H77N7O14/c1-9-24-57(25-14-17-38(58)52-32(6)26-33-15-12-11-13-16-33)41(61)21-19-36(31(5)10-2)56(8)47(65)42(30(3)4)54-40(60)28-55(7)50(68)69-29-34-18-20-37(35(27-34)53-39(59)22-23-51)70-49-45(64)43(62)44(63)46(71-49)48(66)67/h11-13,15-16,18,20,27,30-32,36,42-46,49,62-64H,9-10,14,17,19,21-26,28-29,51H2,1-8H3,(H,52,58)(H,53,59)(H,54,60)(H,66,67)/t31-,32+,36?,42?,43?,44?,45?,46?,49?/m0/s1. The van der Waals surface area contributed by atoms with Gasteiger partial charge in [0.15, 0.2) is 6.10 Å². The Kier molecular flexibility index (Phi) is 24.7. The van der Waals surface area contributed by atoms with Gasteiger partial charge in [0.25, 0.3) is 0 Å². The number of nitrogens with two attached hydrogens (primary N) is 1. The topological polar surface area (TPSA) is 300 Å². The maximum Gasteiger partial charge on any atom is 0.410 e. The minimum absolute atomic E-state index is 0.00255. The van der Waals surface area contributed by atoms with E-state index in [9.17, 15) is 54.0 Å². The van der Waals surface area contributed by atoms with Gasteiger partial charge in [-0.1, -0.05) is 77.4 Å². The zero-order valence-corrected chi connectivity index (χ0v) is 42.4. The van der Waals surface area contributed by atoms with Crippen LogP contribution in [0.5, 0.6) is 5.75 Å². The summed E-state index contributed by atoms with van der Waals surface area (Å²) in [4.78, 5) is 95.6. The van der Waals surface area contributed by atoms with Crippen LogP contribution < -0.4 is 26.4 Å². The largest absolute Gasteiger partial charge is 0.479 e. The molecule has 6 amide bonds. The number of aliphatic hydroxyl groups excluding tert-OH is 3. The SMILES string of the molecule is CCCN(CCCC(=O)N[C@H](C)Cc1ccccc1)C(=O)CCC([C@@H](C)CC)N(C)C(=O)C(NC(=O)CN(C)C(=O)OCc1ccc(OC2OC(C(=O)O)C(O)C(O)C2O)c(NC(=O)CCN)c1)C(C)C. The number of nitrogens with zero attached hydrogens (tertiary/aromatic N) is 3. The van der Waals surface area contributed by atoms with Crippen molar-refractivity contribution in [2.45, 2.75) is 148 Å². The Hall–Kier alpha value is -5.87. The maximum atomic E-state index is 14.1. The Morgan fingerprint density at radius 3 is 2.13 bits per heavy atom. The molecule has 9 atom stereocenters. The van der Waals surface area contributed by atoms with Gasteiger partial charge in [-0.2, -0.15) is 0 Å². The number of carboxylic acids is 1. The van der Waals surface area contributed by atoms with Crippen molar-refractivity contribution < 1.29 is 68.2 Å². The van der Waals surface area contributed by atoms with Crippen molar-refractivity contribution in [3.05, 3.63) is 59.7 Å². The zero-order valence-electron chi connectivity index (χ0n) is 42.4. The van der Waals surface area contributed by atoms with Gasteiger partial charge < -0.3 is 71.0 Å². The molecule has 2 aromatic rings. The normalized spacial score (nSPS) is 19.3. The first-order valence-corrected chi connectivity index (χ1v) is 24.4. The van der Waals surface area contributed by atoms with E-state index < -0.39 is 67.2 Å². The van der Waals surface area contributed by atoms with Crippen molar-refractivity contribution in [2.24, 2.45) is 17.6 Å². The molecule has 396 valence electrons. The van der Waals surface area contributed by atoms with Crippen molar-refractivity contribution in [1.29, 1.82) is 0 Å². The molecule has 0 spiro atoms. The Morgan fingerprint density at radius 2 is 1.51 bits per heavy atom. The number of rotatable bonds is 28. The highest BCUT2D eigenvalue weighted by Gasteiger charge is 2.48. The number of carbonyl (C=O) groups excluding carboxylic acids is 6. The third-order valence-electron chi connectivity index (χ3n) is 12.3. The summed E-state index contributed by atoms with van der Waals surface area (Å²) in [6.07, 6.45) is -6.93. The summed E-state index contributed by atoms with van der Waals surface area (Å²) in [6, 6.07) is 12.7. The van der Waals surface area contributed by atoms with E-state index in [1.165, 1.54) is 25.2 Å². The van der Waals surface area contributed by atoms with E-state index in [0.717, 1.165) is 29.7 Å². The molecule has 21 heteroatoms. The van der Waals surface area contributed by atoms with Gasteiger partial charge in [0.1, 0.15) is 43.3 Å². The fourth-order valence-electron chi connectivity index (χ4n) is 8.13. The number of aliphatic hydroxyl groups is 3. The molecule has 0 radical (unpaired) electrons. The summed E-state index contributed by atoms with van der Waals surface area (Å²) in [7, 11) is 3.00. The van der Waals surface area contributed by atoms with Gasteiger partial charge in [-0.15, -0.1) is 0 Å². The van der Waals surface area contributed by atoms with Crippen LogP contribution in [0.2, 0.25) is 0 Å². The highest BCUT2D eigenvalue weighted by atomic mass is 16.7. The van der Waals surface area contributed by atoms with Crippen molar-refractivity contribution in [1.82, 2.24) is 25.3 Å². The molecule has 7 unspecified atom stereocenters. The second-order valence-corrected chi connectivity index (χ2v) is 18.6. The molecule has 1 heterocycles. The predicted molar refractivity (Wildman–Crippen MR) is 262 cm³/mol. The van der Waals surface area contributed by atoms with E-state index >= 15 is 0 Å². The molecule has 1 fully saturated rings. The number of carboxylic acid groups (broad SMARTS) is 1. The van der Waals surface area contributed by atoms with Crippen LogP contribution in [0, 0.1) is 11.8 Å². The van der Waals surface area contributed by atoms with Crippen LogP contribution in [-0.4, -0.2) is 166 Å². The van der Waals surface area contributed by atoms with Gasteiger partial charge >= 0.3 is 12.1 Å². The quantitative estimate of drug-likeness (QED) is 0.0607. The second kappa shape index (κ2) is 29.5. The highest BCUT2D eigenvalue weighted by Crippen LogP contribution is 2.31. The minimum atomic E-state index is -1.95. The Balaban J connectivity index is 1.59. The third-order valence-corrected chi connectivity index (χ3v) is 12.3. The molecule has 1 aliphatic rings. The van der Waals surface area contributed by atoms with Crippen molar-refractivity contribution >= 4 is 47.3 Å². The molecule has 0 bridgehead atoms. The van der Waals surface area contributed by atoms with Crippen molar-refractivity contribution in [3.63, 3.8) is 0 Å².